The van der Waals surface area contributed by atoms with Crippen LogP contribution < -0.4 is 16.1 Å². The molecule has 1 aromatic carbocycles. The van der Waals surface area contributed by atoms with Crippen LogP contribution in [0.4, 0.5) is 4.79 Å². The number of nitrogens with one attached hydrogen (secondary N) is 2. The molecular formula is C9H11BN2O4. The minimum atomic E-state index is -1.52. The molecule has 2 unspecified atom stereocenters. The fourth-order valence-corrected chi connectivity index (χ4v) is 1.62. The van der Waals surface area contributed by atoms with Gasteiger partial charge < -0.3 is 25.8 Å². The molecule has 16 heavy (non-hydrogen) atoms. The first-order valence-corrected chi connectivity index (χ1v) is 4.79. The van der Waals surface area contributed by atoms with Crippen LogP contribution in [0, 0.1) is 0 Å². The Bertz CT molecular complexity index is 395. The molecule has 1 aliphatic heterocycles. The van der Waals surface area contributed by atoms with Crippen molar-refractivity contribution in [1.29, 1.82) is 0 Å². The fourth-order valence-electron chi connectivity index (χ4n) is 1.62. The van der Waals surface area contributed by atoms with E-state index in [9.17, 15) is 9.90 Å². The van der Waals surface area contributed by atoms with Crippen molar-refractivity contribution < 1.29 is 19.9 Å². The van der Waals surface area contributed by atoms with Crippen molar-refractivity contribution in [2.75, 3.05) is 0 Å². The van der Waals surface area contributed by atoms with Crippen molar-refractivity contribution in [1.82, 2.24) is 10.6 Å². The predicted molar refractivity (Wildman–Crippen MR) is 56.7 cm³/mol. The van der Waals surface area contributed by atoms with E-state index in [-0.39, 0.29) is 0 Å². The molecule has 2 amide bonds. The molecule has 2 atom stereocenters. The number of benzene rings is 1. The van der Waals surface area contributed by atoms with Gasteiger partial charge in [0.15, 0.2) is 6.23 Å². The molecule has 0 spiro atoms. The number of carbonyl (C=O) groups excluding carboxylic acids is 1. The maximum atomic E-state index is 11.0. The fraction of sp³-hybridized carbons (Fsp3) is 0.222. The van der Waals surface area contributed by atoms with Crippen LogP contribution in [0.2, 0.25) is 0 Å². The molecule has 1 heterocycles. The Morgan fingerprint density at radius 1 is 1.12 bits per heavy atom. The van der Waals surface area contributed by atoms with E-state index in [4.69, 9.17) is 10.0 Å². The van der Waals surface area contributed by atoms with E-state index >= 15 is 0 Å². The van der Waals surface area contributed by atoms with E-state index in [1.807, 2.05) is 0 Å². The molecule has 5 N–H and O–H groups in total. The van der Waals surface area contributed by atoms with Gasteiger partial charge in [-0.05, 0) is 11.0 Å². The quantitative estimate of drug-likeness (QED) is 0.375. The molecule has 84 valence electrons. The first kappa shape index (κ1) is 10.9. The molecule has 1 aliphatic rings. The van der Waals surface area contributed by atoms with Crippen LogP contribution in [0.5, 0.6) is 0 Å². The summed E-state index contributed by atoms with van der Waals surface area (Å²) in [4.78, 5) is 11.0. The highest BCUT2D eigenvalue weighted by atomic mass is 16.4. The van der Waals surface area contributed by atoms with Gasteiger partial charge in [0.25, 0.3) is 0 Å². The molecule has 6 nitrogen and oxygen atoms in total. The van der Waals surface area contributed by atoms with Crippen LogP contribution in [-0.2, 0) is 0 Å². The second kappa shape index (κ2) is 4.13. The Labute approximate surface area is 92.1 Å². The summed E-state index contributed by atoms with van der Waals surface area (Å²) in [5.74, 6) is 0. The summed E-state index contributed by atoms with van der Waals surface area (Å²) in [6, 6.07) is 5.35. The molecule has 1 saturated heterocycles. The molecule has 7 heteroatoms. The van der Waals surface area contributed by atoms with E-state index in [2.05, 4.69) is 10.6 Å². The third-order valence-electron chi connectivity index (χ3n) is 2.48. The van der Waals surface area contributed by atoms with Crippen molar-refractivity contribution in [3.8, 4) is 0 Å². The lowest BCUT2D eigenvalue weighted by Gasteiger charge is -2.13. The zero-order valence-corrected chi connectivity index (χ0v) is 8.29. The summed E-state index contributed by atoms with van der Waals surface area (Å²) in [5.41, 5.74) is 1.05. The van der Waals surface area contributed by atoms with E-state index in [0.717, 1.165) is 0 Å². The first-order chi connectivity index (χ1) is 7.58. The van der Waals surface area contributed by atoms with Gasteiger partial charge in [-0.15, -0.1) is 0 Å². The average Bonchev–Trinajstić information content (AvgIpc) is 2.58. The monoisotopic (exact) mass is 222 g/mol. The highest BCUT2D eigenvalue weighted by Crippen LogP contribution is 2.18. The van der Waals surface area contributed by atoms with Gasteiger partial charge in [-0.1, -0.05) is 24.3 Å². The van der Waals surface area contributed by atoms with Crippen LogP contribution in [0.1, 0.15) is 11.6 Å². The molecule has 0 aromatic heterocycles. The largest absolute Gasteiger partial charge is 0.488 e. The van der Waals surface area contributed by atoms with Crippen LogP contribution in [0.3, 0.4) is 0 Å². The zero-order chi connectivity index (χ0) is 11.7. The highest BCUT2D eigenvalue weighted by Gasteiger charge is 2.30. The van der Waals surface area contributed by atoms with E-state index < -0.39 is 25.4 Å². The number of carbonyl (C=O) groups is 1. The third-order valence-corrected chi connectivity index (χ3v) is 2.48. The van der Waals surface area contributed by atoms with E-state index in [1.165, 1.54) is 12.1 Å². The lowest BCUT2D eigenvalue weighted by atomic mass is 9.80. The van der Waals surface area contributed by atoms with Gasteiger partial charge in [-0.25, -0.2) is 4.79 Å². The minimum absolute atomic E-state index is 0.357. The predicted octanol–water partition coefficient (Wildman–Crippen LogP) is -1.96. The normalized spacial score (nSPS) is 23.8. The molecule has 1 fully saturated rings. The molecule has 0 aliphatic carbocycles. The smallest absolute Gasteiger partial charge is 0.423 e. The summed E-state index contributed by atoms with van der Waals surface area (Å²) in [6.07, 6.45) is -0.975. The molecule has 0 saturated carbocycles. The Morgan fingerprint density at radius 3 is 2.19 bits per heavy atom. The summed E-state index contributed by atoms with van der Waals surface area (Å²) >= 11 is 0. The Kier molecular flexibility index (Phi) is 2.82. The topological polar surface area (TPSA) is 102 Å². The van der Waals surface area contributed by atoms with Gasteiger partial charge in [-0.2, -0.15) is 0 Å². The van der Waals surface area contributed by atoms with Crippen molar-refractivity contribution in [3.05, 3.63) is 29.8 Å². The highest BCUT2D eigenvalue weighted by molar-refractivity contribution is 6.58. The first-order valence-electron chi connectivity index (χ1n) is 4.79. The van der Waals surface area contributed by atoms with E-state index in [0.29, 0.717) is 11.0 Å². The Morgan fingerprint density at radius 2 is 1.75 bits per heavy atom. The van der Waals surface area contributed by atoms with E-state index in [1.54, 1.807) is 12.1 Å². The number of amides is 2. The summed E-state index contributed by atoms with van der Waals surface area (Å²) in [5, 5.41) is 32.1. The van der Waals surface area contributed by atoms with Gasteiger partial charge in [0, 0.05) is 0 Å². The van der Waals surface area contributed by atoms with Crippen LogP contribution in [0.15, 0.2) is 24.3 Å². The molecule has 0 bridgehead atoms. The van der Waals surface area contributed by atoms with Crippen LogP contribution in [-0.4, -0.2) is 34.5 Å². The van der Waals surface area contributed by atoms with Gasteiger partial charge >= 0.3 is 13.1 Å². The molecule has 2 rings (SSSR count). The van der Waals surface area contributed by atoms with Crippen LogP contribution in [0.25, 0.3) is 0 Å². The number of urea groups is 1. The summed E-state index contributed by atoms with van der Waals surface area (Å²) in [6.45, 7) is 0. The molecule has 0 radical (unpaired) electrons. The van der Waals surface area contributed by atoms with Crippen LogP contribution >= 0.6 is 0 Å². The number of aliphatic hydroxyl groups excluding tert-OH is 1. The van der Waals surface area contributed by atoms with Gasteiger partial charge in [0.2, 0.25) is 0 Å². The second-order valence-electron chi connectivity index (χ2n) is 3.58. The van der Waals surface area contributed by atoms with Crippen molar-refractivity contribution in [2.24, 2.45) is 0 Å². The van der Waals surface area contributed by atoms with Gasteiger partial charge in [-0.3, -0.25) is 0 Å². The maximum absolute atomic E-state index is 11.0. The minimum Gasteiger partial charge on any atom is -0.423 e. The molecular weight excluding hydrogens is 211 g/mol. The number of aliphatic hydroxyl groups is 1. The number of hydrogen-bond donors (Lipinski definition) is 5. The number of rotatable bonds is 2. The standard InChI is InChI=1S/C9H11BN2O4/c13-8-7(11-9(14)12-8)5-1-3-6(4-2-5)10(15)16/h1-4,7-8,13,15-16H,(H2,11,12,14). The Hall–Kier alpha value is -1.57. The summed E-state index contributed by atoms with van der Waals surface area (Å²) in [7, 11) is -1.52. The average molecular weight is 222 g/mol. The Balaban J connectivity index is 2.19. The summed E-state index contributed by atoms with van der Waals surface area (Å²) < 4.78 is 0. The second-order valence-corrected chi connectivity index (χ2v) is 3.58. The van der Waals surface area contributed by atoms with Gasteiger partial charge in [0.05, 0.1) is 0 Å². The third kappa shape index (κ3) is 2.01. The van der Waals surface area contributed by atoms with Crippen molar-refractivity contribution >= 4 is 18.6 Å². The SMILES string of the molecule is O=C1NC(O)C(c2ccc(B(O)O)cc2)N1. The molecule has 1 aromatic rings. The maximum Gasteiger partial charge on any atom is 0.488 e. The zero-order valence-electron chi connectivity index (χ0n) is 8.29. The van der Waals surface area contributed by atoms with Crippen molar-refractivity contribution in [2.45, 2.75) is 12.3 Å². The lowest BCUT2D eigenvalue weighted by Crippen LogP contribution is -2.30. The van der Waals surface area contributed by atoms with Crippen molar-refractivity contribution in [3.63, 3.8) is 0 Å². The number of hydrogen-bond acceptors (Lipinski definition) is 4. The van der Waals surface area contributed by atoms with Gasteiger partial charge in [0.1, 0.15) is 6.04 Å². The lowest BCUT2D eigenvalue weighted by molar-refractivity contribution is 0.140.